The summed E-state index contributed by atoms with van der Waals surface area (Å²) >= 11 is 1.68. The predicted octanol–water partition coefficient (Wildman–Crippen LogP) is 5.62. The number of methoxy groups -OCH3 is 1. The quantitative estimate of drug-likeness (QED) is 0.283. The lowest BCUT2D eigenvalue weighted by molar-refractivity contribution is 0.0370. The van der Waals surface area contributed by atoms with E-state index in [9.17, 15) is 0 Å². The molecule has 0 bridgehead atoms. The summed E-state index contributed by atoms with van der Waals surface area (Å²) in [4.78, 5) is 15.2. The largest absolute Gasteiger partial charge is 0.497 e. The fourth-order valence-corrected chi connectivity index (χ4v) is 5.58. The molecule has 0 aliphatic carbocycles. The van der Waals surface area contributed by atoms with Gasteiger partial charge in [0.05, 0.1) is 26.0 Å². The topological polar surface area (TPSA) is 68.2 Å². The van der Waals surface area contributed by atoms with E-state index in [0.717, 1.165) is 84.4 Å². The zero-order valence-corrected chi connectivity index (χ0v) is 22.1. The van der Waals surface area contributed by atoms with Crippen molar-refractivity contribution in [2.24, 2.45) is 0 Å². The molecule has 1 aliphatic heterocycles. The summed E-state index contributed by atoms with van der Waals surface area (Å²) in [6.07, 6.45) is 7.15. The number of rotatable bonds is 7. The van der Waals surface area contributed by atoms with Gasteiger partial charge < -0.3 is 19.0 Å². The van der Waals surface area contributed by atoms with Crippen LogP contribution in [0.3, 0.4) is 0 Å². The molecular weight excluding hydrogens is 526 g/mol. The van der Waals surface area contributed by atoms with E-state index in [-0.39, 0.29) is 17.0 Å². The number of hydrogen-bond donors (Lipinski definition) is 1. The minimum atomic E-state index is 0. The molecular formula is C26H28BrN5O2S. The number of nitrogens with zero attached hydrogens (tertiary/aromatic N) is 4. The first-order valence-corrected chi connectivity index (χ1v) is 12.5. The van der Waals surface area contributed by atoms with Crippen LogP contribution in [0.25, 0.3) is 43.8 Å². The molecule has 1 fully saturated rings. The normalized spacial score (nSPS) is 14.4. The van der Waals surface area contributed by atoms with Gasteiger partial charge in [-0.05, 0) is 36.8 Å². The first-order valence-electron chi connectivity index (χ1n) is 11.7. The van der Waals surface area contributed by atoms with Gasteiger partial charge in [0.15, 0.2) is 0 Å². The summed E-state index contributed by atoms with van der Waals surface area (Å²) in [6.45, 7) is 5.79. The molecule has 0 unspecified atom stereocenters. The van der Waals surface area contributed by atoms with Crippen molar-refractivity contribution in [2.45, 2.75) is 13.0 Å². The van der Waals surface area contributed by atoms with E-state index in [0.29, 0.717) is 0 Å². The maximum atomic E-state index is 5.54. The van der Waals surface area contributed by atoms with Crippen molar-refractivity contribution in [2.75, 3.05) is 40.0 Å². The molecule has 0 radical (unpaired) electrons. The molecule has 4 aromatic heterocycles. The fourth-order valence-electron chi connectivity index (χ4n) is 4.74. The highest BCUT2D eigenvalue weighted by molar-refractivity contribution is 8.93. The number of pyridine rings is 1. The van der Waals surface area contributed by atoms with Gasteiger partial charge in [0, 0.05) is 77.6 Å². The number of morpholine rings is 1. The molecule has 5 aromatic rings. The third-order valence-corrected chi connectivity index (χ3v) is 7.40. The Balaban J connectivity index is 0.00000253. The van der Waals surface area contributed by atoms with Crippen LogP contribution in [0.2, 0.25) is 0 Å². The van der Waals surface area contributed by atoms with Crippen LogP contribution in [0.15, 0.2) is 54.3 Å². The average molecular weight is 555 g/mol. The van der Waals surface area contributed by atoms with Crippen molar-refractivity contribution in [3.8, 4) is 27.6 Å². The standard InChI is InChI=1S/C26H27N5O2S.BrH/c1-32-18-5-6-24-20(14-18)22(16-31(24)9-3-8-30-10-12-33-13-11-30)26-29-23(17-34-26)21-15-28-25-19(21)4-2-7-27-25;/h2,4-7,14-17H,3,8-13H2,1H3,(H,27,28);1H. The Morgan fingerprint density at radius 3 is 2.86 bits per heavy atom. The molecule has 35 heavy (non-hydrogen) atoms. The number of aromatic nitrogens is 4. The van der Waals surface area contributed by atoms with Crippen molar-refractivity contribution in [1.82, 2.24) is 24.4 Å². The van der Waals surface area contributed by atoms with Crippen molar-refractivity contribution >= 4 is 50.3 Å². The first kappa shape index (κ1) is 24.0. The number of halogens is 1. The number of thiazole rings is 1. The fraction of sp³-hybridized carbons (Fsp3) is 0.308. The molecule has 182 valence electrons. The molecule has 5 heterocycles. The van der Waals surface area contributed by atoms with Gasteiger partial charge in [-0.3, -0.25) is 4.90 Å². The highest BCUT2D eigenvalue weighted by atomic mass is 79.9. The van der Waals surface area contributed by atoms with E-state index >= 15 is 0 Å². The number of aryl methyl sites for hydroxylation is 1. The molecule has 1 aromatic carbocycles. The van der Waals surface area contributed by atoms with Gasteiger partial charge >= 0.3 is 0 Å². The average Bonchev–Trinajstić information content (AvgIpc) is 3.61. The van der Waals surface area contributed by atoms with Crippen molar-refractivity contribution in [3.05, 3.63) is 54.3 Å². The van der Waals surface area contributed by atoms with Crippen LogP contribution in [-0.4, -0.2) is 64.4 Å². The Hall–Kier alpha value is -2.72. The number of benzene rings is 1. The van der Waals surface area contributed by atoms with Crippen LogP contribution in [0.4, 0.5) is 0 Å². The van der Waals surface area contributed by atoms with Crippen molar-refractivity contribution in [3.63, 3.8) is 0 Å². The van der Waals surface area contributed by atoms with E-state index in [2.05, 4.69) is 49.2 Å². The van der Waals surface area contributed by atoms with Crippen LogP contribution in [-0.2, 0) is 11.3 Å². The molecule has 0 atom stereocenters. The van der Waals surface area contributed by atoms with Gasteiger partial charge in [-0.25, -0.2) is 9.97 Å². The predicted molar refractivity (Wildman–Crippen MR) is 147 cm³/mol. The zero-order chi connectivity index (χ0) is 22.9. The van der Waals surface area contributed by atoms with Crippen LogP contribution in [0.1, 0.15) is 6.42 Å². The molecule has 1 N–H and O–H groups in total. The summed E-state index contributed by atoms with van der Waals surface area (Å²) in [5, 5.41) is 5.41. The Kier molecular flexibility index (Phi) is 7.19. The lowest BCUT2D eigenvalue weighted by Gasteiger charge is -2.26. The lowest BCUT2D eigenvalue weighted by Crippen LogP contribution is -2.37. The number of fused-ring (bicyclic) bond motifs is 2. The zero-order valence-electron chi connectivity index (χ0n) is 19.6. The van der Waals surface area contributed by atoms with E-state index in [1.165, 1.54) is 10.9 Å². The molecule has 0 spiro atoms. The maximum absolute atomic E-state index is 5.54. The van der Waals surface area contributed by atoms with Crippen LogP contribution >= 0.6 is 28.3 Å². The van der Waals surface area contributed by atoms with Gasteiger partial charge in [0.2, 0.25) is 0 Å². The number of H-pyrrole nitrogens is 1. The summed E-state index contributed by atoms with van der Waals surface area (Å²) in [5.41, 5.74) is 5.29. The van der Waals surface area contributed by atoms with Crippen LogP contribution < -0.4 is 4.74 Å². The third-order valence-electron chi connectivity index (χ3n) is 6.53. The number of aromatic amines is 1. The van der Waals surface area contributed by atoms with E-state index in [4.69, 9.17) is 14.5 Å². The summed E-state index contributed by atoms with van der Waals surface area (Å²) < 4.78 is 13.4. The van der Waals surface area contributed by atoms with Gasteiger partial charge in [-0.1, -0.05) is 0 Å². The molecule has 0 amide bonds. The highest BCUT2D eigenvalue weighted by Crippen LogP contribution is 2.37. The van der Waals surface area contributed by atoms with E-state index in [1.54, 1.807) is 24.6 Å². The summed E-state index contributed by atoms with van der Waals surface area (Å²) in [5.74, 6) is 0.860. The molecule has 0 saturated carbocycles. The van der Waals surface area contributed by atoms with Gasteiger partial charge in [0.1, 0.15) is 16.4 Å². The van der Waals surface area contributed by atoms with Crippen LogP contribution in [0.5, 0.6) is 5.75 Å². The maximum Gasteiger partial charge on any atom is 0.137 e. The van der Waals surface area contributed by atoms with Gasteiger partial charge in [-0.15, -0.1) is 28.3 Å². The number of ether oxygens (including phenoxy) is 2. The Labute approximate surface area is 218 Å². The molecule has 7 nitrogen and oxygen atoms in total. The second kappa shape index (κ2) is 10.5. The van der Waals surface area contributed by atoms with E-state index < -0.39 is 0 Å². The first-order chi connectivity index (χ1) is 16.8. The smallest absolute Gasteiger partial charge is 0.137 e. The third kappa shape index (κ3) is 4.73. The number of nitrogens with one attached hydrogen (secondary N) is 1. The summed E-state index contributed by atoms with van der Waals surface area (Å²) in [7, 11) is 1.71. The van der Waals surface area contributed by atoms with Crippen molar-refractivity contribution in [1.29, 1.82) is 0 Å². The second-order valence-corrected chi connectivity index (χ2v) is 9.42. The molecule has 1 saturated heterocycles. The van der Waals surface area contributed by atoms with Gasteiger partial charge in [0.25, 0.3) is 0 Å². The molecule has 6 rings (SSSR count). The second-order valence-electron chi connectivity index (χ2n) is 8.57. The Bertz CT molecular complexity index is 1440. The Morgan fingerprint density at radius 2 is 2.00 bits per heavy atom. The van der Waals surface area contributed by atoms with E-state index in [1.807, 2.05) is 18.3 Å². The Morgan fingerprint density at radius 1 is 1.11 bits per heavy atom. The SMILES string of the molecule is Br.COc1ccc2c(c1)c(-c1nc(-c3c[nH]c4ncccc34)cs1)cn2CCCN1CCOCC1. The monoisotopic (exact) mass is 553 g/mol. The summed E-state index contributed by atoms with van der Waals surface area (Å²) in [6, 6.07) is 10.4. The van der Waals surface area contributed by atoms with Crippen LogP contribution in [0, 0.1) is 0 Å². The minimum absolute atomic E-state index is 0. The lowest BCUT2D eigenvalue weighted by atomic mass is 10.1. The highest BCUT2D eigenvalue weighted by Gasteiger charge is 2.17. The molecule has 1 aliphatic rings. The molecule has 9 heteroatoms. The number of hydrogen-bond acceptors (Lipinski definition) is 6. The van der Waals surface area contributed by atoms with Crippen molar-refractivity contribution < 1.29 is 9.47 Å². The minimum Gasteiger partial charge on any atom is -0.497 e. The van der Waals surface area contributed by atoms with Gasteiger partial charge in [-0.2, -0.15) is 0 Å².